The van der Waals surface area contributed by atoms with E-state index in [1.165, 1.54) is 0 Å². The molecule has 7 heteroatoms. The fourth-order valence-corrected chi connectivity index (χ4v) is 0.767. The molecule has 98 valence electrons. The van der Waals surface area contributed by atoms with Gasteiger partial charge in [0.2, 0.25) is 0 Å². The highest BCUT2D eigenvalue weighted by atomic mass is 16.6. The number of aliphatic hydroxyl groups excluding tert-OH is 6. The molecule has 1 fully saturated rings. The predicted molar refractivity (Wildman–Crippen MR) is 53.6 cm³/mol. The van der Waals surface area contributed by atoms with Crippen LogP contribution in [-0.2, 0) is 4.74 Å². The average molecular weight is 240 g/mol. The van der Waals surface area contributed by atoms with Gasteiger partial charge >= 0.3 is 0 Å². The van der Waals surface area contributed by atoms with Crippen molar-refractivity contribution in [3.05, 3.63) is 0 Å². The van der Waals surface area contributed by atoms with Crippen LogP contribution in [0, 0.1) is 0 Å². The van der Waals surface area contributed by atoms with E-state index in [0.29, 0.717) is 6.10 Å². The minimum atomic E-state index is -1.67. The largest absolute Gasteiger partial charge is 0.394 e. The molecule has 0 saturated carbocycles. The van der Waals surface area contributed by atoms with Crippen LogP contribution in [0.5, 0.6) is 0 Å². The molecule has 16 heavy (non-hydrogen) atoms. The van der Waals surface area contributed by atoms with Crippen molar-refractivity contribution in [2.24, 2.45) is 0 Å². The van der Waals surface area contributed by atoms with Gasteiger partial charge in [-0.1, -0.05) is 0 Å². The SMILES string of the molecule is CC1CO1.OC[C@@H](O)[C@@H](O)[C@H](O)[C@@H](O)CO. The Morgan fingerprint density at radius 1 is 1.00 bits per heavy atom. The molecule has 1 unspecified atom stereocenters. The van der Waals surface area contributed by atoms with Crippen LogP contribution in [0.2, 0.25) is 0 Å². The molecule has 0 aromatic heterocycles. The Hall–Kier alpha value is -0.280. The highest BCUT2D eigenvalue weighted by molar-refractivity contribution is 4.79. The fourth-order valence-electron chi connectivity index (χ4n) is 0.767. The summed E-state index contributed by atoms with van der Waals surface area (Å²) in [7, 11) is 0. The fraction of sp³-hybridized carbons (Fsp3) is 1.00. The molecule has 1 aliphatic heterocycles. The zero-order valence-corrected chi connectivity index (χ0v) is 9.10. The van der Waals surface area contributed by atoms with Crippen LogP contribution in [0.3, 0.4) is 0 Å². The Bertz CT molecular complexity index is 159. The predicted octanol–water partition coefficient (Wildman–Crippen LogP) is -3.18. The first-order chi connectivity index (χ1) is 7.43. The van der Waals surface area contributed by atoms with Gasteiger partial charge < -0.3 is 35.4 Å². The molecule has 1 rings (SSSR count). The van der Waals surface area contributed by atoms with Gasteiger partial charge in [0, 0.05) is 0 Å². The standard InChI is InChI=1S/C6H14O6.C3H6O/c7-1-3(9)5(11)6(12)4(10)2-8;1-3-2-4-3/h3-12H,1-2H2;3H,2H2,1H3/t3-,4+,5-,6-;/m1./s1. The lowest BCUT2D eigenvalue weighted by atomic mass is 10.0. The molecule has 1 heterocycles. The summed E-state index contributed by atoms with van der Waals surface area (Å²) in [5.41, 5.74) is 0. The smallest absolute Gasteiger partial charge is 0.111 e. The number of ether oxygens (including phenoxy) is 1. The maximum absolute atomic E-state index is 8.96. The first kappa shape index (κ1) is 15.7. The molecule has 7 nitrogen and oxygen atoms in total. The van der Waals surface area contributed by atoms with Crippen molar-refractivity contribution in [3.63, 3.8) is 0 Å². The van der Waals surface area contributed by atoms with Gasteiger partial charge in [-0.25, -0.2) is 0 Å². The van der Waals surface area contributed by atoms with E-state index >= 15 is 0 Å². The van der Waals surface area contributed by atoms with Crippen molar-refractivity contribution in [2.45, 2.75) is 37.4 Å². The molecule has 0 spiro atoms. The zero-order valence-electron chi connectivity index (χ0n) is 9.10. The number of rotatable bonds is 5. The zero-order chi connectivity index (χ0) is 12.7. The Labute approximate surface area is 93.5 Å². The Balaban J connectivity index is 0.000000462. The summed E-state index contributed by atoms with van der Waals surface area (Å²) in [6, 6.07) is 0. The number of aliphatic hydroxyl groups is 6. The summed E-state index contributed by atoms with van der Waals surface area (Å²) in [6.45, 7) is 1.59. The topological polar surface area (TPSA) is 134 Å². The normalized spacial score (nSPS) is 26.1. The second-order valence-corrected chi connectivity index (χ2v) is 3.62. The van der Waals surface area contributed by atoms with Crippen molar-refractivity contribution in [2.75, 3.05) is 19.8 Å². The Morgan fingerprint density at radius 2 is 1.25 bits per heavy atom. The van der Waals surface area contributed by atoms with Gasteiger partial charge in [0.1, 0.15) is 24.4 Å². The maximum atomic E-state index is 8.96. The number of hydrogen-bond acceptors (Lipinski definition) is 7. The van der Waals surface area contributed by atoms with E-state index in [-0.39, 0.29) is 0 Å². The molecule has 0 amide bonds. The van der Waals surface area contributed by atoms with Gasteiger partial charge in [-0.15, -0.1) is 0 Å². The summed E-state index contributed by atoms with van der Waals surface area (Å²) in [5.74, 6) is 0. The van der Waals surface area contributed by atoms with E-state index in [0.717, 1.165) is 6.61 Å². The van der Waals surface area contributed by atoms with Crippen LogP contribution in [0.25, 0.3) is 0 Å². The van der Waals surface area contributed by atoms with E-state index in [1.807, 2.05) is 0 Å². The third kappa shape index (κ3) is 6.33. The van der Waals surface area contributed by atoms with Crippen molar-refractivity contribution < 1.29 is 35.4 Å². The highest BCUT2D eigenvalue weighted by Crippen LogP contribution is 2.04. The van der Waals surface area contributed by atoms with Crippen LogP contribution in [0.1, 0.15) is 6.92 Å². The lowest BCUT2D eigenvalue weighted by Gasteiger charge is -2.24. The molecule has 0 radical (unpaired) electrons. The number of epoxide rings is 1. The maximum Gasteiger partial charge on any atom is 0.111 e. The molecule has 1 saturated heterocycles. The monoisotopic (exact) mass is 240 g/mol. The average Bonchev–Trinajstić information content (AvgIpc) is 3.08. The molecule has 0 aromatic carbocycles. The van der Waals surface area contributed by atoms with Gasteiger partial charge in [0.15, 0.2) is 0 Å². The molecule has 0 aromatic rings. The lowest BCUT2D eigenvalue weighted by molar-refractivity contribution is -0.123. The van der Waals surface area contributed by atoms with Crippen LogP contribution < -0.4 is 0 Å². The second-order valence-electron chi connectivity index (χ2n) is 3.62. The summed E-state index contributed by atoms with van der Waals surface area (Å²) in [6.07, 6.45) is -5.81. The van der Waals surface area contributed by atoms with Gasteiger partial charge in [-0.05, 0) is 6.92 Å². The molecule has 0 aliphatic carbocycles. The summed E-state index contributed by atoms with van der Waals surface area (Å²) in [5, 5.41) is 52.2. The van der Waals surface area contributed by atoms with Gasteiger partial charge in [0.05, 0.1) is 25.9 Å². The molecule has 0 bridgehead atoms. The summed E-state index contributed by atoms with van der Waals surface area (Å²) < 4.78 is 4.71. The highest BCUT2D eigenvalue weighted by Gasteiger charge is 2.29. The summed E-state index contributed by atoms with van der Waals surface area (Å²) >= 11 is 0. The van der Waals surface area contributed by atoms with Crippen molar-refractivity contribution in [1.82, 2.24) is 0 Å². The van der Waals surface area contributed by atoms with Crippen molar-refractivity contribution in [1.29, 1.82) is 0 Å². The van der Waals surface area contributed by atoms with E-state index < -0.39 is 37.6 Å². The molecular weight excluding hydrogens is 220 g/mol. The third-order valence-electron chi connectivity index (χ3n) is 2.01. The quantitative estimate of drug-likeness (QED) is 0.279. The first-order valence-corrected chi connectivity index (χ1v) is 4.99. The molecule has 5 atom stereocenters. The van der Waals surface area contributed by atoms with Gasteiger partial charge in [0.25, 0.3) is 0 Å². The Morgan fingerprint density at radius 3 is 1.38 bits per heavy atom. The molecule has 6 N–H and O–H groups in total. The molecular formula is C9H20O7. The van der Waals surface area contributed by atoms with Crippen LogP contribution in [-0.4, -0.2) is 81.0 Å². The minimum absolute atomic E-state index is 0.583. The van der Waals surface area contributed by atoms with Crippen LogP contribution in [0.15, 0.2) is 0 Å². The first-order valence-electron chi connectivity index (χ1n) is 4.99. The van der Waals surface area contributed by atoms with Crippen molar-refractivity contribution >= 4 is 0 Å². The van der Waals surface area contributed by atoms with Crippen molar-refractivity contribution in [3.8, 4) is 0 Å². The summed E-state index contributed by atoms with van der Waals surface area (Å²) in [4.78, 5) is 0. The number of hydrogen-bond donors (Lipinski definition) is 6. The van der Waals surface area contributed by atoms with E-state index in [9.17, 15) is 0 Å². The van der Waals surface area contributed by atoms with Crippen LogP contribution >= 0.6 is 0 Å². The van der Waals surface area contributed by atoms with E-state index in [4.69, 9.17) is 35.4 Å². The minimum Gasteiger partial charge on any atom is -0.394 e. The van der Waals surface area contributed by atoms with E-state index in [2.05, 4.69) is 6.92 Å². The van der Waals surface area contributed by atoms with Crippen LogP contribution in [0.4, 0.5) is 0 Å². The molecule has 1 aliphatic rings. The van der Waals surface area contributed by atoms with Gasteiger partial charge in [-0.2, -0.15) is 0 Å². The lowest BCUT2D eigenvalue weighted by Crippen LogP contribution is -2.46. The third-order valence-corrected chi connectivity index (χ3v) is 2.01. The van der Waals surface area contributed by atoms with E-state index in [1.54, 1.807) is 0 Å². The Kier molecular flexibility index (Phi) is 7.77. The van der Waals surface area contributed by atoms with Gasteiger partial charge in [-0.3, -0.25) is 0 Å². The second kappa shape index (κ2) is 7.91.